The van der Waals surface area contributed by atoms with Gasteiger partial charge in [0, 0.05) is 5.56 Å². The molecular weight excluding hydrogens is 236 g/mol. The second kappa shape index (κ2) is 5.79. The summed E-state index contributed by atoms with van der Waals surface area (Å²) in [5.74, 6) is 3.06. The van der Waals surface area contributed by atoms with E-state index in [1.165, 1.54) is 5.56 Å². The molecule has 0 aliphatic carbocycles. The van der Waals surface area contributed by atoms with Crippen LogP contribution in [0, 0.1) is 6.92 Å². The molecule has 0 N–H and O–H groups in total. The third-order valence-electron chi connectivity index (χ3n) is 3.12. The van der Waals surface area contributed by atoms with Crippen LogP contribution in [0.5, 0.6) is 17.2 Å². The van der Waals surface area contributed by atoms with Gasteiger partial charge < -0.3 is 9.47 Å². The second-order valence-electron chi connectivity index (χ2n) is 4.93. The molecule has 0 unspecified atom stereocenters. The quantitative estimate of drug-likeness (QED) is 0.773. The number of rotatable bonds is 4. The monoisotopic (exact) mass is 256 g/mol. The van der Waals surface area contributed by atoms with Crippen molar-refractivity contribution in [3.63, 3.8) is 0 Å². The summed E-state index contributed by atoms with van der Waals surface area (Å²) in [5.41, 5.74) is 2.24. The van der Waals surface area contributed by atoms with E-state index >= 15 is 0 Å². The summed E-state index contributed by atoms with van der Waals surface area (Å²) < 4.78 is 11.4. The number of ether oxygens (including phenoxy) is 2. The molecule has 0 saturated carbocycles. The Morgan fingerprint density at radius 2 is 1.63 bits per heavy atom. The number of para-hydroxylation sites is 1. The average molecular weight is 256 g/mol. The van der Waals surface area contributed by atoms with Crippen molar-refractivity contribution in [2.45, 2.75) is 26.7 Å². The largest absolute Gasteiger partial charge is 0.496 e. The molecule has 0 saturated heterocycles. The maximum absolute atomic E-state index is 5.94. The van der Waals surface area contributed by atoms with Crippen molar-refractivity contribution in [3.8, 4) is 17.2 Å². The molecule has 0 bridgehead atoms. The van der Waals surface area contributed by atoms with Gasteiger partial charge in [0.05, 0.1) is 7.11 Å². The zero-order valence-electron chi connectivity index (χ0n) is 11.9. The highest BCUT2D eigenvalue weighted by atomic mass is 16.5. The fourth-order valence-corrected chi connectivity index (χ4v) is 2.03. The van der Waals surface area contributed by atoms with Gasteiger partial charge in [-0.1, -0.05) is 32.0 Å². The second-order valence-corrected chi connectivity index (χ2v) is 4.93. The highest BCUT2D eigenvalue weighted by Crippen LogP contribution is 2.35. The highest BCUT2D eigenvalue weighted by Gasteiger charge is 2.12. The molecule has 0 heterocycles. The molecule has 2 rings (SSSR count). The van der Waals surface area contributed by atoms with Crippen LogP contribution >= 0.6 is 0 Å². The Morgan fingerprint density at radius 3 is 2.21 bits per heavy atom. The van der Waals surface area contributed by atoms with E-state index in [9.17, 15) is 0 Å². The third-order valence-corrected chi connectivity index (χ3v) is 3.12. The SMILES string of the molecule is COc1cc(C)c(Oc2ccccc2)cc1C(C)C. The molecule has 0 spiro atoms. The van der Waals surface area contributed by atoms with E-state index in [1.807, 2.05) is 43.3 Å². The summed E-state index contributed by atoms with van der Waals surface area (Å²) in [7, 11) is 1.71. The van der Waals surface area contributed by atoms with Crippen LogP contribution in [-0.4, -0.2) is 7.11 Å². The first-order valence-electron chi connectivity index (χ1n) is 6.53. The number of aryl methyl sites for hydroxylation is 1. The van der Waals surface area contributed by atoms with Crippen LogP contribution < -0.4 is 9.47 Å². The van der Waals surface area contributed by atoms with Crippen LogP contribution in [-0.2, 0) is 0 Å². The lowest BCUT2D eigenvalue weighted by atomic mass is 10.00. The van der Waals surface area contributed by atoms with E-state index in [-0.39, 0.29) is 0 Å². The van der Waals surface area contributed by atoms with Crippen LogP contribution in [0.15, 0.2) is 42.5 Å². The van der Waals surface area contributed by atoms with Gasteiger partial charge in [0.15, 0.2) is 0 Å². The summed E-state index contributed by atoms with van der Waals surface area (Å²) >= 11 is 0. The minimum atomic E-state index is 0.397. The predicted molar refractivity (Wildman–Crippen MR) is 78.3 cm³/mol. The molecule has 0 aliphatic rings. The van der Waals surface area contributed by atoms with Crippen LogP contribution in [0.2, 0.25) is 0 Å². The van der Waals surface area contributed by atoms with Crippen molar-refractivity contribution in [1.29, 1.82) is 0 Å². The molecule has 0 amide bonds. The van der Waals surface area contributed by atoms with E-state index in [2.05, 4.69) is 19.9 Å². The third kappa shape index (κ3) is 3.08. The summed E-state index contributed by atoms with van der Waals surface area (Å²) in [6.07, 6.45) is 0. The van der Waals surface area contributed by atoms with E-state index in [4.69, 9.17) is 9.47 Å². The molecule has 100 valence electrons. The molecule has 0 aromatic heterocycles. The molecule has 0 radical (unpaired) electrons. The standard InChI is InChI=1S/C17H20O2/c1-12(2)15-11-16(13(3)10-17(15)18-4)19-14-8-6-5-7-9-14/h5-12H,1-4H3. The molecule has 2 aromatic carbocycles. The molecule has 0 aliphatic heterocycles. The highest BCUT2D eigenvalue weighted by molar-refractivity contribution is 5.48. The summed E-state index contributed by atoms with van der Waals surface area (Å²) in [4.78, 5) is 0. The van der Waals surface area contributed by atoms with Gasteiger partial charge >= 0.3 is 0 Å². The van der Waals surface area contributed by atoms with Crippen molar-refractivity contribution < 1.29 is 9.47 Å². The van der Waals surface area contributed by atoms with Gasteiger partial charge in [0.2, 0.25) is 0 Å². The van der Waals surface area contributed by atoms with Crippen molar-refractivity contribution in [1.82, 2.24) is 0 Å². The smallest absolute Gasteiger partial charge is 0.130 e. The maximum Gasteiger partial charge on any atom is 0.130 e. The molecule has 0 atom stereocenters. The number of hydrogen-bond donors (Lipinski definition) is 0. The molecule has 0 fully saturated rings. The molecule has 2 aromatic rings. The first-order chi connectivity index (χ1) is 9.11. The zero-order chi connectivity index (χ0) is 13.8. The van der Waals surface area contributed by atoms with Crippen molar-refractivity contribution in [3.05, 3.63) is 53.6 Å². The lowest BCUT2D eigenvalue weighted by Crippen LogP contribution is -1.97. The first kappa shape index (κ1) is 13.5. The van der Waals surface area contributed by atoms with Gasteiger partial charge in [-0.2, -0.15) is 0 Å². The molecular formula is C17H20O2. The molecule has 19 heavy (non-hydrogen) atoms. The zero-order valence-corrected chi connectivity index (χ0v) is 11.9. The Kier molecular flexibility index (Phi) is 4.10. The number of hydrogen-bond acceptors (Lipinski definition) is 2. The minimum Gasteiger partial charge on any atom is -0.496 e. The summed E-state index contributed by atoms with van der Waals surface area (Å²) in [6.45, 7) is 6.34. The lowest BCUT2D eigenvalue weighted by Gasteiger charge is -2.16. The van der Waals surface area contributed by atoms with Gasteiger partial charge in [-0.3, -0.25) is 0 Å². The lowest BCUT2D eigenvalue weighted by molar-refractivity contribution is 0.404. The van der Waals surface area contributed by atoms with Crippen molar-refractivity contribution >= 4 is 0 Å². The minimum absolute atomic E-state index is 0.397. The normalized spacial score (nSPS) is 10.6. The van der Waals surface area contributed by atoms with E-state index in [1.54, 1.807) is 7.11 Å². The number of benzene rings is 2. The summed E-state index contributed by atoms with van der Waals surface area (Å²) in [6, 6.07) is 13.9. The Balaban J connectivity index is 2.38. The van der Waals surface area contributed by atoms with Crippen LogP contribution in [0.1, 0.15) is 30.9 Å². The molecule has 2 nitrogen and oxygen atoms in total. The van der Waals surface area contributed by atoms with E-state index in [0.717, 1.165) is 22.8 Å². The average Bonchev–Trinajstić information content (AvgIpc) is 2.41. The van der Waals surface area contributed by atoms with Gasteiger partial charge in [0.25, 0.3) is 0 Å². The van der Waals surface area contributed by atoms with E-state index < -0.39 is 0 Å². The Hall–Kier alpha value is -1.96. The topological polar surface area (TPSA) is 18.5 Å². The fraction of sp³-hybridized carbons (Fsp3) is 0.294. The van der Waals surface area contributed by atoms with Crippen LogP contribution in [0.3, 0.4) is 0 Å². The van der Waals surface area contributed by atoms with E-state index in [0.29, 0.717) is 5.92 Å². The number of methoxy groups -OCH3 is 1. The fourth-order valence-electron chi connectivity index (χ4n) is 2.03. The summed E-state index contributed by atoms with van der Waals surface area (Å²) in [5, 5.41) is 0. The van der Waals surface area contributed by atoms with Gasteiger partial charge in [-0.25, -0.2) is 0 Å². The van der Waals surface area contributed by atoms with Crippen molar-refractivity contribution in [2.75, 3.05) is 7.11 Å². The predicted octanol–water partition coefficient (Wildman–Crippen LogP) is 4.92. The van der Waals surface area contributed by atoms with Gasteiger partial charge in [-0.05, 0) is 42.7 Å². The van der Waals surface area contributed by atoms with Gasteiger partial charge in [-0.15, -0.1) is 0 Å². The Labute approximate surface area is 115 Å². The van der Waals surface area contributed by atoms with Crippen LogP contribution in [0.25, 0.3) is 0 Å². The van der Waals surface area contributed by atoms with Crippen LogP contribution in [0.4, 0.5) is 0 Å². The maximum atomic E-state index is 5.94. The first-order valence-corrected chi connectivity index (χ1v) is 6.53. The van der Waals surface area contributed by atoms with Gasteiger partial charge in [0.1, 0.15) is 17.2 Å². The Morgan fingerprint density at radius 1 is 0.947 bits per heavy atom. The van der Waals surface area contributed by atoms with Crippen molar-refractivity contribution in [2.24, 2.45) is 0 Å². The Bertz CT molecular complexity index is 545. The molecule has 2 heteroatoms.